The normalized spacial score (nSPS) is 28.5. The molecule has 3 rings (SSSR count). The maximum Gasteiger partial charge on any atom is 0.636 e. The van der Waals surface area contributed by atoms with E-state index in [1.165, 1.54) is 0 Å². The van der Waals surface area contributed by atoms with Crippen LogP contribution in [0.4, 0.5) is 0 Å². The average molecular weight is 549 g/mol. The van der Waals surface area contributed by atoms with Gasteiger partial charge in [-0.1, -0.05) is 52.8 Å². The maximum absolute atomic E-state index is 10.2. The van der Waals surface area contributed by atoms with Gasteiger partial charge in [0.2, 0.25) is 0 Å². The van der Waals surface area contributed by atoms with Crippen LogP contribution in [0.1, 0.15) is 47.1 Å². The van der Waals surface area contributed by atoms with Crippen molar-refractivity contribution in [3.05, 3.63) is 42.5 Å². The number of hydrogen-bond acceptors (Lipinski definition) is 7. The van der Waals surface area contributed by atoms with Crippen LogP contribution < -0.4 is 4.74 Å². The summed E-state index contributed by atoms with van der Waals surface area (Å²) in [5, 5.41) is 10.3. The molecule has 0 bridgehead atoms. The second kappa shape index (κ2) is 12.5. The smallest absolute Gasteiger partial charge is 0.497 e. The molecule has 1 aromatic carbocycles. The van der Waals surface area contributed by atoms with Gasteiger partial charge in [-0.25, -0.2) is 0 Å². The van der Waals surface area contributed by atoms with Gasteiger partial charge in [0, 0.05) is 31.0 Å². The Morgan fingerprint density at radius 1 is 1.21 bits per heavy atom. The van der Waals surface area contributed by atoms with Crippen LogP contribution in [0.25, 0.3) is 0 Å². The predicted octanol–water partition coefficient (Wildman–Crippen LogP) is 5.47. The fraction of sp³-hybridized carbons (Fsp3) is 0.724. The number of methoxy groups -OCH3 is 1. The molecule has 0 aromatic heterocycles. The monoisotopic (exact) mass is 548 g/mol. The highest BCUT2D eigenvalue weighted by atomic mass is 28.4. The van der Waals surface area contributed by atoms with Crippen molar-refractivity contribution in [2.24, 2.45) is 23.7 Å². The van der Waals surface area contributed by atoms with E-state index in [4.69, 9.17) is 27.9 Å². The first-order valence-corrected chi connectivity index (χ1v) is 16.7. The highest BCUT2D eigenvalue weighted by molar-refractivity contribution is 6.74. The van der Waals surface area contributed by atoms with Crippen molar-refractivity contribution in [2.75, 3.05) is 26.9 Å². The first-order chi connectivity index (χ1) is 17.7. The van der Waals surface area contributed by atoms with Crippen molar-refractivity contribution in [3.63, 3.8) is 0 Å². The van der Waals surface area contributed by atoms with Crippen LogP contribution in [0.15, 0.2) is 36.9 Å². The van der Waals surface area contributed by atoms with Crippen LogP contribution in [0.3, 0.4) is 0 Å². The van der Waals surface area contributed by atoms with Gasteiger partial charge < -0.3 is 33.0 Å². The molecule has 0 amide bonds. The summed E-state index contributed by atoms with van der Waals surface area (Å²) in [5.41, 5.74) is 0.766. The molecule has 2 saturated heterocycles. The van der Waals surface area contributed by atoms with Crippen LogP contribution >= 0.6 is 0 Å². The van der Waals surface area contributed by atoms with E-state index < -0.39 is 15.6 Å². The molecular weight excluding hydrogens is 499 g/mol. The van der Waals surface area contributed by atoms with Gasteiger partial charge in [0.15, 0.2) is 8.32 Å². The lowest BCUT2D eigenvalue weighted by Gasteiger charge is -2.43. The first-order valence-electron chi connectivity index (χ1n) is 13.8. The van der Waals surface area contributed by atoms with Gasteiger partial charge in [-0.3, -0.25) is 0 Å². The van der Waals surface area contributed by atoms with E-state index >= 15 is 0 Å². The molecular formula is C29H49BO7Si. The topological polar surface area (TPSA) is 78.9 Å². The Hall–Kier alpha value is -1.20. The molecule has 1 unspecified atom stereocenters. The number of ether oxygens (including phenoxy) is 3. The summed E-state index contributed by atoms with van der Waals surface area (Å²) < 4.78 is 35.8. The van der Waals surface area contributed by atoms with Gasteiger partial charge >= 0.3 is 7.32 Å². The Balaban J connectivity index is 1.68. The van der Waals surface area contributed by atoms with Gasteiger partial charge in [-0.15, -0.1) is 6.58 Å². The van der Waals surface area contributed by atoms with Gasteiger partial charge in [0.1, 0.15) is 5.75 Å². The molecule has 2 aliphatic rings. The minimum Gasteiger partial charge on any atom is -0.497 e. The minimum absolute atomic E-state index is 0.00640. The SMILES string of the molecule is C=C[C@H]1COB(O)O[C@H]1[C@H](CO[Si](C)(C)C(C)(C)C)[C@H](C)C1(C)O[C@@H]1[C@@H](C)COCc1ccc(OC)cc1. The zero-order valence-corrected chi connectivity index (χ0v) is 25.9. The lowest BCUT2D eigenvalue weighted by molar-refractivity contribution is -0.0633. The molecule has 214 valence electrons. The van der Waals surface area contributed by atoms with Crippen LogP contribution in [-0.4, -0.2) is 65.4 Å². The molecule has 7 atom stereocenters. The summed E-state index contributed by atoms with van der Waals surface area (Å²) in [6.07, 6.45) is 1.65. The van der Waals surface area contributed by atoms with Crippen molar-refractivity contribution in [1.29, 1.82) is 0 Å². The second-order valence-corrected chi connectivity index (χ2v) is 17.5. The third-order valence-corrected chi connectivity index (χ3v) is 13.6. The lowest BCUT2D eigenvalue weighted by Crippen LogP contribution is -2.52. The van der Waals surface area contributed by atoms with E-state index in [9.17, 15) is 5.02 Å². The van der Waals surface area contributed by atoms with Crippen molar-refractivity contribution < 1.29 is 33.0 Å². The van der Waals surface area contributed by atoms with Crippen LogP contribution in [0.2, 0.25) is 18.1 Å². The van der Waals surface area contributed by atoms with Gasteiger partial charge in [-0.05, 0) is 48.7 Å². The molecule has 0 spiro atoms. The molecule has 1 N–H and O–H groups in total. The van der Waals surface area contributed by atoms with E-state index in [1.54, 1.807) is 7.11 Å². The van der Waals surface area contributed by atoms with Crippen molar-refractivity contribution in [1.82, 2.24) is 0 Å². The van der Waals surface area contributed by atoms with E-state index in [0.29, 0.717) is 26.4 Å². The number of rotatable bonds is 13. The number of hydrogen-bond donors (Lipinski definition) is 1. The largest absolute Gasteiger partial charge is 0.636 e. The standard InChI is InChI=1S/C29H49BO7Si/c1-11-23-18-34-30(31)37-26(23)25(19-35-38(9,10)28(4,5)6)21(3)29(7)27(36-29)20(2)16-33-17-22-12-14-24(32-8)15-13-22/h11-15,20-21,23,25-27,31H,1,16-19H2,2-10H3/t20-,21-,23-,25+,26+,27+,29?/m0/s1. The van der Waals surface area contributed by atoms with E-state index in [-0.39, 0.29) is 46.5 Å². The molecule has 0 radical (unpaired) electrons. The minimum atomic E-state index is -2.00. The maximum atomic E-state index is 10.2. The zero-order chi connectivity index (χ0) is 28.3. The fourth-order valence-electron chi connectivity index (χ4n) is 5.11. The van der Waals surface area contributed by atoms with E-state index in [0.717, 1.165) is 11.3 Å². The second-order valence-electron chi connectivity index (χ2n) is 12.7. The van der Waals surface area contributed by atoms with Crippen molar-refractivity contribution in [3.8, 4) is 5.75 Å². The molecule has 7 nitrogen and oxygen atoms in total. The summed E-state index contributed by atoms with van der Waals surface area (Å²) in [4.78, 5) is 0. The van der Waals surface area contributed by atoms with Crippen LogP contribution in [0, 0.1) is 23.7 Å². The molecule has 2 heterocycles. The molecule has 9 heteroatoms. The van der Waals surface area contributed by atoms with Crippen LogP contribution in [0.5, 0.6) is 5.75 Å². The number of benzene rings is 1. The highest BCUT2D eigenvalue weighted by Crippen LogP contribution is 2.51. The van der Waals surface area contributed by atoms with Crippen molar-refractivity contribution in [2.45, 2.75) is 84.1 Å². The Morgan fingerprint density at radius 2 is 1.87 bits per heavy atom. The molecule has 0 aliphatic carbocycles. The Kier molecular flexibility index (Phi) is 10.3. The van der Waals surface area contributed by atoms with Gasteiger partial charge in [0.05, 0.1) is 38.1 Å². The van der Waals surface area contributed by atoms with E-state index in [2.05, 4.69) is 61.2 Å². The summed E-state index contributed by atoms with van der Waals surface area (Å²) >= 11 is 0. The third-order valence-electron chi connectivity index (χ3n) is 9.05. The molecule has 2 aliphatic heterocycles. The quantitative estimate of drug-likeness (QED) is 0.199. The lowest BCUT2D eigenvalue weighted by atomic mass is 9.74. The Morgan fingerprint density at radius 3 is 2.45 bits per heavy atom. The van der Waals surface area contributed by atoms with Gasteiger partial charge in [0.25, 0.3) is 0 Å². The zero-order valence-electron chi connectivity index (χ0n) is 24.9. The molecule has 1 aromatic rings. The molecule has 2 fully saturated rings. The summed E-state index contributed by atoms with van der Waals surface area (Å²) in [6.45, 7) is 23.9. The average Bonchev–Trinajstić information content (AvgIpc) is 3.56. The summed E-state index contributed by atoms with van der Waals surface area (Å²) in [7, 11) is -1.58. The molecule has 38 heavy (non-hydrogen) atoms. The molecule has 0 saturated carbocycles. The number of epoxide rings is 1. The fourth-order valence-corrected chi connectivity index (χ4v) is 6.15. The predicted molar refractivity (Wildman–Crippen MR) is 153 cm³/mol. The Labute approximate surface area is 231 Å². The van der Waals surface area contributed by atoms with Gasteiger partial charge in [-0.2, -0.15) is 0 Å². The first kappa shape index (κ1) is 31.3. The van der Waals surface area contributed by atoms with Crippen LogP contribution in [-0.2, 0) is 29.8 Å². The summed E-state index contributed by atoms with van der Waals surface area (Å²) in [5.74, 6) is 1.12. The Bertz CT molecular complexity index is 905. The highest BCUT2D eigenvalue weighted by Gasteiger charge is 2.61. The third kappa shape index (κ3) is 7.30. The van der Waals surface area contributed by atoms with E-state index in [1.807, 2.05) is 30.3 Å². The summed E-state index contributed by atoms with van der Waals surface area (Å²) in [6, 6.07) is 7.94. The van der Waals surface area contributed by atoms with Crippen molar-refractivity contribution >= 4 is 15.6 Å².